The monoisotopic (exact) mass is 380 g/mol. The van der Waals surface area contributed by atoms with Crippen molar-refractivity contribution < 1.29 is 9.18 Å². The van der Waals surface area contributed by atoms with E-state index in [4.69, 9.17) is 5.73 Å². The first-order valence-electron chi connectivity index (χ1n) is 7.42. The van der Waals surface area contributed by atoms with Crippen molar-refractivity contribution in [3.8, 4) is 0 Å². The van der Waals surface area contributed by atoms with Gasteiger partial charge < -0.3 is 5.73 Å². The molecule has 3 aromatic rings. The smallest absolute Gasteiger partial charge is 0.196 e. The zero-order chi connectivity index (χ0) is 16.6. The topological polar surface area (TPSA) is 56.0 Å². The van der Waals surface area contributed by atoms with Gasteiger partial charge in [-0.25, -0.2) is 4.39 Å². The lowest BCUT2D eigenvalue weighted by Crippen LogP contribution is -2.12. The Bertz CT molecular complexity index is 908. The molecule has 0 aliphatic rings. The van der Waals surface area contributed by atoms with Crippen molar-refractivity contribution in [2.75, 3.05) is 0 Å². The summed E-state index contributed by atoms with van der Waals surface area (Å²) >= 11 is 0. The van der Waals surface area contributed by atoms with E-state index in [0.717, 1.165) is 10.8 Å². The highest BCUT2D eigenvalue weighted by Crippen LogP contribution is 2.26. The van der Waals surface area contributed by atoms with Crippen molar-refractivity contribution in [1.82, 2.24) is 4.98 Å². The lowest BCUT2D eigenvalue weighted by atomic mass is 9.93. The summed E-state index contributed by atoms with van der Waals surface area (Å²) in [4.78, 5) is 16.9. The van der Waals surface area contributed by atoms with Crippen LogP contribution in [0.5, 0.6) is 0 Å². The van der Waals surface area contributed by atoms with Gasteiger partial charge in [-0.1, -0.05) is 24.3 Å². The Morgan fingerprint density at radius 3 is 2.52 bits per heavy atom. The van der Waals surface area contributed by atoms with Crippen LogP contribution in [0.1, 0.15) is 40.0 Å². The number of hydrogen-bond donors (Lipinski definition) is 1. The summed E-state index contributed by atoms with van der Waals surface area (Å²) in [5, 5.41) is 1.61. The van der Waals surface area contributed by atoms with Gasteiger partial charge in [0, 0.05) is 29.4 Å². The van der Waals surface area contributed by atoms with E-state index in [-0.39, 0.29) is 42.2 Å². The summed E-state index contributed by atoms with van der Waals surface area (Å²) in [6, 6.07) is 10.1. The predicted molar refractivity (Wildman–Crippen MR) is 103 cm³/mol. The van der Waals surface area contributed by atoms with Gasteiger partial charge in [0.25, 0.3) is 0 Å². The van der Waals surface area contributed by atoms with E-state index in [9.17, 15) is 9.18 Å². The predicted octanol–water partition coefficient (Wildman–Crippen LogP) is 4.78. The van der Waals surface area contributed by atoms with Gasteiger partial charge in [0.2, 0.25) is 0 Å². The minimum absolute atomic E-state index is 0. The minimum atomic E-state index is -0.504. The zero-order valence-corrected chi connectivity index (χ0v) is 15.5. The van der Waals surface area contributed by atoms with Gasteiger partial charge in [0.1, 0.15) is 5.82 Å². The third-order valence-corrected chi connectivity index (χ3v) is 4.09. The fourth-order valence-corrected chi connectivity index (χ4v) is 2.83. The van der Waals surface area contributed by atoms with Gasteiger partial charge in [-0.05, 0) is 42.5 Å². The Hall–Kier alpha value is -2.01. The Morgan fingerprint density at radius 2 is 1.84 bits per heavy atom. The molecule has 1 atom stereocenters. The van der Waals surface area contributed by atoms with Crippen LogP contribution in [-0.2, 0) is 0 Å². The number of nitrogens with two attached hydrogens (primary N) is 1. The highest BCUT2D eigenvalue weighted by atomic mass is 35.5. The molecule has 1 heterocycles. The largest absolute Gasteiger partial charge is 0.324 e. The second kappa shape index (κ2) is 8.39. The van der Waals surface area contributed by atoms with Crippen molar-refractivity contribution in [3.63, 3.8) is 0 Å². The van der Waals surface area contributed by atoms with Gasteiger partial charge in [-0.3, -0.25) is 9.78 Å². The lowest BCUT2D eigenvalue weighted by Gasteiger charge is -2.13. The molecule has 0 radical (unpaired) electrons. The van der Waals surface area contributed by atoms with Crippen LogP contribution >= 0.6 is 24.8 Å². The Labute approximate surface area is 158 Å². The first kappa shape index (κ1) is 21.0. The van der Waals surface area contributed by atoms with Crippen LogP contribution < -0.4 is 5.73 Å². The van der Waals surface area contributed by atoms with E-state index >= 15 is 0 Å². The first-order valence-corrected chi connectivity index (χ1v) is 7.42. The standard InChI is InChI=1S/C19H17FN2O.2ClH/c1-11-14(12(2)21)6-7-17(18(11)20)19(23)16-5-3-4-13-10-22-9-8-15(13)16;;/h3-10,12H,21H2,1-2H3;2*1H. The number of halogens is 3. The molecule has 0 amide bonds. The summed E-state index contributed by atoms with van der Waals surface area (Å²) in [6.45, 7) is 3.44. The highest BCUT2D eigenvalue weighted by Gasteiger charge is 2.20. The molecule has 3 rings (SSSR count). The van der Waals surface area contributed by atoms with Crippen LogP contribution in [0.2, 0.25) is 0 Å². The fraction of sp³-hybridized carbons (Fsp3) is 0.158. The summed E-state index contributed by atoms with van der Waals surface area (Å²) in [5.74, 6) is -0.838. The van der Waals surface area contributed by atoms with E-state index in [0.29, 0.717) is 16.7 Å². The number of hydrogen-bond acceptors (Lipinski definition) is 3. The van der Waals surface area contributed by atoms with Crippen molar-refractivity contribution in [3.05, 3.63) is 76.9 Å². The average Bonchev–Trinajstić information content (AvgIpc) is 2.56. The molecule has 0 bridgehead atoms. The van der Waals surface area contributed by atoms with Gasteiger partial charge >= 0.3 is 0 Å². The van der Waals surface area contributed by atoms with Crippen molar-refractivity contribution in [2.24, 2.45) is 5.73 Å². The molecule has 2 aromatic carbocycles. The molecule has 2 N–H and O–H groups in total. The number of pyridine rings is 1. The fourth-order valence-electron chi connectivity index (χ4n) is 2.83. The van der Waals surface area contributed by atoms with E-state index in [1.165, 1.54) is 6.07 Å². The van der Waals surface area contributed by atoms with Crippen LogP contribution in [0.3, 0.4) is 0 Å². The van der Waals surface area contributed by atoms with Crippen molar-refractivity contribution in [1.29, 1.82) is 0 Å². The highest BCUT2D eigenvalue weighted by molar-refractivity contribution is 6.16. The van der Waals surface area contributed by atoms with E-state index in [1.807, 2.05) is 6.07 Å². The molecular formula is C19H19Cl2FN2O. The maximum Gasteiger partial charge on any atom is 0.196 e. The quantitative estimate of drug-likeness (QED) is 0.665. The molecule has 132 valence electrons. The van der Waals surface area contributed by atoms with Crippen LogP contribution in [0.25, 0.3) is 10.8 Å². The molecule has 0 saturated carbocycles. The molecule has 3 nitrogen and oxygen atoms in total. The Balaban J connectivity index is 0.00000156. The van der Waals surface area contributed by atoms with E-state index in [2.05, 4.69) is 4.98 Å². The summed E-state index contributed by atoms with van der Waals surface area (Å²) < 4.78 is 14.7. The summed E-state index contributed by atoms with van der Waals surface area (Å²) in [5.41, 5.74) is 7.50. The molecule has 6 heteroatoms. The Kier molecular flexibility index (Phi) is 7.06. The third-order valence-electron chi connectivity index (χ3n) is 4.09. The molecule has 1 unspecified atom stereocenters. The minimum Gasteiger partial charge on any atom is -0.324 e. The molecule has 0 aliphatic carbocycles. The summed E-state index contributed by atoms with van der Waals surface area (Å²) in [7, 11) is 0. The van der Waals surface area contributed by atoms with E-state index in [1.54, 1.807) is 50.5 Å². The average molecular weight is 381 g/mol. The number of nitrogens with zero attached hydrogens (tertiary/aromatic N) is 1. The normalized spacial score (nSPS) is 11.4. The molecule has 0 saturated heterocycles. The van der Waals surface area contributed by atoms with Gasteiger partial charge in [0.15, 0.2) is 5.78 Å². The number of aromatic nitrogens is 1. The molecule has 0 fully saturated rings. The van der Waals surface area contributed by atoms with Crippen LogP contribution in [0, 0.1) is 12.7 Å². The lowest BCUT2D eigenvalue weighted by molar-refractivity contribution is 0.103. The van der Waals surface area contributed by atoms with Gasteiger partial charge in [-0.2, -0.15) is 0 Å². The van der Waals surface area contributed by atoms with Gasteiger partial charge in [-0.15, -0.1) is 24.8 Å². The van der Waals surface area contributed by atoms with Crippen LogP contribution in [0.15, 0.2) is 48.8 Å². The number of carbonyl (C=O) groups is 1. The number of fused-ring (bicyclic) bond motifs is 1. The van der Waals surface area contributed by atoms with Gasteiger partial charge in [0.05, 0.1) is 5.56 Å². The Morgan fingerprint density at radius 1 is 1.12 bits per heavy atom. The SMILES string of the molecule is Cc1c(C(C)N)ccc(C(=O)c2cccc3cnccc23)c1F.Cl.Cl. The number of carbonyl (C=O) groups excluding carboxylic acids is 1. The number of ketones is 1. The van der Waals surface area contributed by atoms with Crippen LogP contribution in [0.4, 0.5) is 4.39 Å². The molecule has 0 spiro atoms. The molecule has 25 heavy (non-hydrogen) atoms. The van der Waals surface area contributed by atoms with Crippen LogP contribution in [-0.4, -0.2) is 10.8 Å². The number of rotatable bonds is 3. The second-order valence-electron chi connectivity index (χ2n) is 5.66. The molecule has 0 aliphatic heterocycles. The number of benzene rings is 2. The molecular weight excluding hydrogens is 362 g/mol. The summed E-state index contributed by atoms with van der Waals surface area (Å²) in [6.07, 6.45) is 3.31. The zero-order valence-electron chi connectivity index (χ0n) is 13.8. The molecule has 1 aromatic heterocycles. The second-order valence-corrected chi connectivity index (χ2v) is 5.66. The maximum absolute atomic E-state index is 14.7. The van der Waals surface area contributed by atoms with Crippen molar-refractivity contribution in [2.45, 2.75) is 19.9 Å². The van der Waals surface area contributed by atoms with E-state index < -0.39 is 5.82 Å². The third kappa shape index (κ3) is 3.82. The first-order chi connectivity index (χ1) is 11.0. The maximum atomic E-state index is 14.7. The van der Waals surface area contributed by atoms with Crippen molar-refractivity contribution >= 4 is 41.4 Å².